The average Bonchev–Trinajstić information content (AvgIpc) is 2.72. The second kappa shape index (κ2) is 9.96. The van der Waals surface area contributed by atoms with Gasteiger partial charge in [0.15, 0.2) is 0 Å². The smallest absolute Gasteiger partial charge is 0.246 e. The number of hydrogen-bond donors (Lipinski definition) is 0. The van der Waals surface area contributed by atoms with E-state index in [1.54, 1.807) is 6.08 Å². The molecule has 0 aliphatic carbocycles. The molecule has 0 spiro atoms. The number of nitrogens with zero attached hydrogens (tertiary/aromatic N) is 1. The lowest BCUT2D eigenvalue weighted by Gasteiger charge is -2.31. The van der Waals surface area contributed by atoms with Gasteiger partial charge in [-0.3, -0.25) is 4.79 Å². The Morgan fingerprint density at radius 1 is 1.07 bits per heavy atom. The molecule has 142 valence electrons. The maximum absolute atomic E-state index is 12.6. The maximum Gasteiger partial charge on any atom is 0.246 e. The van der Waals surface area contributed by atoms with Crippen LogP contribution in [0.1, 0.15) is 37.3 Å². The molecule has 0 unspecified atom stereocenters. The van der Waals surface area contributed by atoms with Gasteiger partial charge in [-0.1, -0.05) is 55.5 Å². The molecule has 0 radical (unpaired) electrons. The van der Waals surface area contributed by atoms with Gasteiger partial charge in [-0.05, 0) is 49.3 Å². The summed E-state index contributed by atoms with van der Waals surface area (Å²) >= 11 is 0. The van der Waals surface area contributed by atoms with E-state index in [2.05, 4.69) is 37.3 Å². The molecule has 2 aromatic carbocycles. The van der Waals surface area contributed by atoms with E-state index in [9.17, 15) is 4.79 Å². The average molecular weight is 364 g/mol. The number of ether oxygens (including phenoxy) is 1. The van der Waals surface area contributed by atoms with Crippen molar-refractivity contribution in [1.82, 2.24) is 4.90 Å². The number of amides is 1. The highest BCUT2D eigenvalue weighted by Gasteiger charge is 2.21. The summed E-state index contributed by atoms with van der Waals surface area (Å²) in [5.74, 6) is 1.60. The van der Waals surface area contributed by atoms with Gasteiger partial charge in [0.2, 0.25) is 5.91 Å². The number of rotatable bonds is 7. The van der Waals surface area contributed by atoms with Crippen LogP contribution in [0.4, 0.5) is 0 Å². The van der Waals surface area contributed by atoms with Crippen molar-refractivity contribution < 1.29 is 9.53 Å². The normalized spacial score (nSPS) is 15.2. The molecule has 3 heteroatoms. The zero-order valence-corrected chi connectivity index (χ0v) is 16.1. The number of carbonyl (C=O) groups is 1. The molecule has 0 aromatic heterocycles. The van der Waals surface area contributed by atoms with E-state index in [0.717, 1.165) is 50.1 Å². The lowest BCUT2D eigenvalue weighted by atomic mass is 9.90. The molecule has 3 nitrogen and oxygen atoms in total. The van der Waals surface area contributed by atoms with Crippen molar-refractivity contribution in [2.75, 3.05) is 19.7 Å². The minimum Gasteiger partial charge on any atom is -0.493 e. The van der Waals surface area contributed by atoms with Crippen LogP contribution in [0.3, 0.4) is 0 Å². The third-order valence-electron chi connectivity index (χ3n) is 5.08. The Bertz CT molecular complexity index is 746. The summed E-state index contributed by atoms with van der Waals surface area (Å²) in [6, 6.07) is 18.5. The van der Waals surface area contributed by atoms with Crippen LogP contribution in [0, 0.1) is 5.92 Å². The molecule has 1 aliphatic heterocycles. The molecule has 3 rings (SSSR count). The van der Waals surface area contributed by atoms with Gasteiger partial charge in [-0.15, -0.1) is 0 Å². The van der Waals surface area contributed by atoms with Crippen molar-refractivity contribution in [3.63, 3.8) is 0 Å². The molecular formula is C24H29NO2. The highest BCUT2D eigenvalue weighted by Crippen LogP contribution is 2.23. The summed E-state index contributed by atoms with van der Waals surface area (Å²) in [7, 11) is 0. The standard InChI is InChI=1S/C24H29NO2/c1-2-18-27-23-11-7-6-10-22(23)12-13-24(26)25-16-14-21(15-17-25)19-20-8-4-3-5-9-20/h3-13,21H,2,14-19H2,1H3/b13-12+. The molecule has 1 heterocycles. The van der Waals surface area contributed by atoms with Crippen LogP contribution in [0.25, 0.3) is 6.08 Å². The number of benzene rings is 2. The van der Waals surface area contributed by atoms with Crippen molar-refractivity contribution in [2.24, 2.45) is 5.92 Å². The van der Waals surface area contributed by atoms with E-state index >= 15 is 0 Å². The first-order valence-electron chi connectivity index (χ1n) is 9.99. The van der Waals surface area contributed by atoms with Crippen molar-refractivity contribution in [3.8, 4) is 5.75 Å². The molecule has 1 fully saturated rings. The van der Waals surface area contributed by atoms with Crippen molar-refractivity contribution >= 4 is 12.0 Å². The minimum absolute atomic E-state index is 0.0958. The van der Waals surface area contributed by atoms with E-state index in [1.807, 2.05) is 35.2 Å². The van der Waals surface area contributed by atoms with Crippen LogP contribution in [0.5, 0.6) is 5.75 Å². The quantitative estimate of drug-likeness (QED) is 0.650. The Kier molecular flexibility index (Phi) is 7.09. The largest absolute Gasteiger partial charge is 0.493 e. The van der Waals surface area contributed by atoms with Crippen LogP contribution < -0.4 is 4.74 Å². The van der Waals surface area contributed by atoms with Gasteiger partial charge in [0.1, 0.15) is 5.75 Å². The fourth-order valence-electron chi connectivity index (χ4n) is 3.53. The SMILES string of the molecule is CCCOc1ccccc1/C=C/C(=O)N1CCC(Cc2ccccc2)CC1. The van der Waals surface area contributed by atoms with Gasteiger partial charge in [0.05, 0.1) is 6.61 Å². The second-order valence-corrected chi connectivity index (χ2v) is 7.18. The summed E-state index contributed by atoms with van der Waals surface area (Å²) in [6.45, 7) is 4.46. The van der Waals surface area contributed by atoms with Gasteiger partial charge in [0, 0.05) is 24.7 Å². The van der Waals surface area contributed by atoms with Crippen molar-refractivity contribution in [2.45, 2.75) is 32.6 Å². The van der Waals surface area contributed by atoms with Gasteiger partial charge in [-0.25, -0.2) is 0 Å². The predicted molar refractivity (Wildman–Crippen MR) is 111 cm³/mol. The Labute approximate surface area is 162 Å². The second-order valence-electron chi connectivity index (χ2n) is 7.18. The van der Waals surface area contributed by atoms with Crippen LogP contribution in [0.2, 0.25) is 0 Å². The maximum atomic E-state index is 12.6. The van der Waals surface area contributed by atoms with Crippen molar-refractivity contribution in [1.29, 1.82) is 0 Å². The number of likely N-dealkylation sites (tertiary alicyclic amines) is 1. The fourth-order valence-corrected chi connectivity index (χ4v) is 3.53. The first kappa shape index (κ1) is 19.2. The lowest BCUT2D eigenvalue weighted by Crippen LogP contribution is -2.37. The minimum atomic E-state index is 0.0958. The van der Waals surface area contributed by atoms with Gasteiger partial charge < -0.3 is 9.64 Å². The zero-order valence-electron chi connectivity index (χ0n) is 16.1. The Balaban J connectivity index is 1.52. The number of hydrogen-bond acceptors (Lipinski definition) is 2. The molecule has 2 aromatic rings. The Morgan fingerprint density at radius 3 is 2.52 bits per heavy atom. The summed E-state index contributed by atoms with van der Waals surface area (Å²) in [5.41, 5.74) is 2.35. The monoisotopic (exact) mass is 363 g/mol. The molecule has 27 heavy (non-hydrogen) atoms. The van der Waals surface area contributed by atoms with E-state index in [0.29, 0.717) is 12.5 Å². The highest BCUT2D eigenvalue weighted by atomic mass is 16.5. The lowest BCUT2D eigenvalue weighted by molar-refractivity contribution is -0.127. The zero-order chi connectivity index (χ0) is 18.9. The van der Waals surface area contributed by atoms with Crippen LogP contribution >= 0.6 is 0 Å². The molecule has 0 saturated carbocycles. The molecule has 0 N–H and O–H groups in total. The summed E-state index contributed by atoms with van der Waals surface area (Å²) in [5, 5.41) is 0. The molecule has 0 atom stereocenters. The first-order chi connectivity index (χ1) is 13.3. The van der Waals surface area contributed by atoms with Gasteiger partial charge in [-0.2, -0.15) is 0 Å². The van der Waals surface area contributed by atoms with Gasteiger partial charge in [0.25, 0.3) is 0 Å². The Morgan fingerprint density at radius 2 is 1.78 bits per heavy atom. The van der Waals surface area contributed by atoms with Gasteiger partial charge >= 0.3 is 0 Å². The van der Waals surface area contributed by atoms with Crippen molar-refractivity contribution in [3.05, 3.63) is 71.8 Å². The third kappa shape index (κ3) is 5.72. The first-order valence-corrected chi connectivity index (χ1v) is 9.99. The molecule has 1 aliphatic rings. The molecule has 1 amide bonds. The number of carbonyl (C=O) groups excluding carboxylic acids is 1. The fraction of sp³-hybridized carbons (Fsp3) is 0.375. The number of piperidine rings is 1. The molecular weight excluding hydrogens is 334 g/mol. The summed E-state index contributed by atoms with van der Waals surface area (Å²) < 4.78 is 5.76. The highest BCUT2D eigenvalue weighted by molar-refractivity contribution is 5.92. The van der Waals surface area contributed by atoms with E-state index < -0.39 is 0 Å². The third-order valence-corrected chi connectivity index (χ3v) is 5.08. The summed E-state index contributed by atoms with van der Waals surface area (Å²) in [4.78, 5) is 14.5. The molecule has 0 bridgehead atoms. The van der Waals surface area contributed by atoms with Crippen LogP contribution in [-0.4, -0.2) is 30.5 Å². The topological polar surface area (TPSA) is 29.5 Å². The molecule has 1 saturated heterocycles. The van der Waals surface area contributed by atoms with Crippen LogP contribution in [0.15, 0.2) is 60.7 Å². The van der Waals surface area contributed by atoms with Crippen LogP contribution in [-0.2, 0) is 11.2 Å². The summed E-state index contributed by atoms with van der Waals surface area (Å²) in [6.07, 6.45) is 7.79. The Hall–Kier alpha value is -2.55. The van der Waals surface area contributed by atoms with E-state index in [-0.39, 0.29) is 5.91 Å². The van der Waals surface area contributed by atoms with E-state index in [1.165, 1.54) is 5.56 Å². The van der Waals surface area contributed by atoms with E-state index in [4.69, 9.17) is 4.74 Å². The number of para-hydroxylation sites is 1. The predicted octanol–water partition coefficient (Wildman–Crippen LogP) is 4.97.